The van der Waals surface area contributed by atoms with Crippen LogP contribution in [0.15, 0.2) is 53.3 Å². The summed E-state index contributed by atoms with van der Waals surface area (Å²) in [6.07, 6.45) is 1.43. The number of allylic oxidation sites excluding steroid dienone is 1. The van der Waals surface area contributed by atoms with Gasteiger partial charge in [-0.05, 0) is 66.3 Å². The van der Waals surface area contributed by atoms with Crippen LogP contribution in [0.25, 0.3) is 5.76 Å². The van der Waals surface area contributed by atoms with Gasteiger partial charge in [-0.2, -0.15) is 0 Å². The molecule has 0 aromatic heterocycles. The number of aryl methyl sites for hydroxylation is 2. The van der Waals surface area contributed by atoms with Crippen LogP contribution >= 0.6 is 0 Å². The first-order valence-corrected chi connectivity index (χ1v) is 14.1. The molecule has 0 heterocycles. The first kappa shape index (κ1) is 28.8. The van der Waals surface area contributed by atoms with Crippen LogP contribution in [0, 0.1) is 10.8 Å². The third kappa shape index (κ3) is 4.16. The van der Waals surface area contributed by atoms with Crippen LogP contribution in [0.1, 0.15) is 82.2 Å². The van der Waals surface area contributed by atoms with Crippen LogP contribution in [0.3, 0.4) is 0 Å². The average molecular weight is 559 g/mol. The Balaban J connectivity index is 1.58. The summed E-state index contributed by atoms with van der Waals surface area (Å²) in [6, 6.07) is 11.8. The molecule has 3 aliphatic carbocycles. The van der Waals surface area contributed by atoms with Gasteiger partial charge >= 0.3 is 0 Å². The fourth-order valence-corrected chi connectivity index (χ4v) is 7.40. The fourth-order valence-electron chi connectivity index (χ4n) is 7.40. The van der Waals surface area contributed by atoms with Crippen LogP contribution in [0.2, 0.25) is 0 Å². The van der Waals surface area contributed by atoms with Crippen molar-refractivity contribution >= 4 is 23.1 Å². The summed E-state index contributed by atoms with van der Waals surface area (Å²) in [4.78, 5) is 39.2. The average Bonchev–Trinajstić information content (AvgIpc) is 2.85. The number of rotatable bonds is 4. The molecule has 3 atom stereocenters. The summed E-state index contributed by atoms with van der Waals surface area (Å²) in [5.74, 6) is -3.92. The summed E-state index contributed by atoms with van der Waals surface area (Å²) in [5, 5.41) is 45.2. The van der Waals surface area contributed by atoms with E-state index >= 15 is 0 Å². The van der Waals surface area contributed by atoms with E-state index < -0.39 is 50.9 Å². The number of aromatic hydroxyl groups is 1. The van der Waals surface area contributed by atoms with Gasteiger partial charge < -0.3 is 20.4 Å². The maximum Gasteiger partial charge on any atom is 0.203 e. The number of fused-ring (bicyclic) bond motifs is 3. The van der Waals surface area contributed by atoms with E-state index in [9.17, 15) is 34.8 Å². The lowest BCUT2D eigenvalue weighted by atomic mass is 9.47. The lowest BCUT2D eigenvalue weighted by Crippen LogP contribution is -2.65. The van der Waals surface area contributed by atoms with Gasteiger partial charge in [0.2, 0.25) is 5.78 Å². The molecule has 0 amide bonds. The Bertz CT molecular complexity index is 1570. The smallest absolute Gasteiger partial charge is 0.203 e. The molecule has 7 heteroatoms. The maximum absolute atomic E-state index is 14.1. The number of benzene rings is 2. The molecular formula is C34H38O7. The molecule has 4 N–H and O–H groups in total. The zero-order valence-electron chi connectivity index (χ0n) is 24.5. The predicted octanol–water partition coefficient (Wildman–Crippen LogP) is 5.39. The lowest BCUT2D eigenvalue weighted by Gasteiger charge is -2.56. The molecule has 1 fully saturated rings. The van der Waals surface area contributed by atoms with Crippen molar-refractivity contribution in [1.29, 1.82) is 0 Å². The number of ketones is 3. The van der Waals surface area contributed by atoms with Gasteiger partial charge in [-0.3, -0.25) is 14.4 Å². The van der Waals surface area contributed by atoms with E-state index in [4.69, 9.17) is 0 Å². The van der Waals surface area contributed by atoms with Gasteiger partial charge in [0.25, 0.3) is 0 Å². The van der Waals surface area contributed by atoms with Gasteiger partial charge in [-0.25, -0.2) is 0 Å². The van der Waals surface area contributed by atoms with Crippen molar-refractivity contribution in [2.24, 2.45) is 10.8 Å². The first-order chi connectivity index (χ1) is 18.9. The van der Waals surface area contributed by atoms with Gasteiger partial charge in [-0.1, -0.05) is 65.0 Å². The van der Waals surface area contributed by atoms with Crippen LogP contribution in [-0.2, 0) is 39.1 Å². The van der Waals surface area contributed by atoms with Gasteiger partial charge in [0.15, 0.2) is 17.2 Å². The molecule has 216 valence electrons. The number of hydrogen-bond donors (Lipinski definition) is 4. The summed E-state index contributed by atoms with van der Waals surface area (Å²) in [5.41, 5.74) is -1.45. The molecule has 5 rings (SSSR count). The minimum absolute atomic E-state index is 0.0506. The number of Topliss-reactive ketones (excluding diaryl/α,β-unsaturated/α-hetero) is 3. The summed E-state index contributed by atoms with van der Waals surface area (Å²) in [6.45, 7) is 11.0. The summed E-state index contributed by atoms with van der Waals surface area (Å²) in [7, 11) is 0. The van der Waals surface area contributed by atoms with Crippen molar-refractivity contribution in [2.45, 2.75) is 84.7 Å². The van der Waals surface area contributed by atoms with Crippen molar-refractivity contribution in [2.75, 3.05) is 0 Å². The molecule has 0 unspecified atom stereocenters. The molecule has 41 heavy (non-hydrogen) atoms. The second-order valence-corrected chi connectivity index (χ2v) is 13.7. The Morgan fingerprint density at radius 2 is 1.56 bits per heavy atom. The molecule has 0 bridgehead atoms. The van der Waals surface area contributed by atoms with Crippen molar-refractivity contribution < 1.29 is 34.8 Å². The summed E-state index contributed by atoms with van der Waals surface area (Å²) >= 11 is 0. The molecule has 2 aromatic rings. The van der Waals surface area contributed by atoms with E-state index in [0.29, 0.717) is 12.0 Å². The highest BCUT2D eigenvalue weighted by Crippen LogP contribution is 2.62. The van der Waals surface area contributed by atoms with E-state index in [1.807, 2.05) is 6.07 Å². The molecule has 3 aliphatic rings. The Kier molecular flexibility index (Phi) is 6.43. The van der Waals surface area contributed by atoms with Crippen molar-refractivity contribution in [3.05, 3.63) is 81.1 Å². The van der Waals surface area contributed by atoms with E-state index in [1.54, 1.807) is 13.8 Å². The Morgan fingerprint density at radius 1 is 0.927 bits per heavy atom. The molecule has 7 nitrogen and oxygen atoms in total. The number of carbonyl (C=O) groups is 3. The number of phenolic OH excluding ortho intramolecular Hbond substituents is 1. The fraction of sp³-hybridized carbons (Fsp3) is 0.441. The predicted molar refractivity (Wildman–Crippen MR) is 155 cm³/mol. The minimum Gasteiger partial charge on any atom is -0.508 e. The number of aliphatic hydroxyl groups excluding tert-OH is 2. The van der Waals surface area contributed by atoms with E-state index in [2.05, 4.69) is 45.0 Å². The SMILES string of the molecule is CC(=O)C1=C(O)[C@]2(O)C(=O)C3=C(O)c4c(O)ccc(CCc5ccc(C(C)(C)C)cc5)c4C[C@]3(C)C[C@]2(C)CC1=O. The van der Waals surface area contributed by atoms with Crippen molar-refractivity contribution in [1.82, 2.24) is 0 Å². The van der Waals surface area contributed by atoms with E-state index in [-0.39, 0.29) is 41.6 Å². The van der Waals surface area contributed by atoms with E-state index in [1.165, 1.54) is 11.6 Å². The van der Waals surface area contributed by atoms with Crippen LogP contribution in [0.4, 0.5) is 0 Å². The molecule has 1 saturated carbocycles. The first-order valence-electron chi connectivity index (χ1n) is 14.1. The molecule has 2 aromatic carbocycles. The van der Waals surface area contributed by atoms with Crippen LogP contribution < -0.4 is 0 Å². The van der Waals surface area contributed by atoms with Gasteiger partial charge in [0.05, 0.1) is 5.56 Å². The highest BCUT2D eigenvalue weighted by Gasteiger charge is 2.68. The van der Waals surface area contributed by atoms with Gasteiger partial charge in [0.1, 0.15) is 22.8 Å². The monoisotopic (exact) mass is 558 g/mol. The number of phenols is 1. The largest absolute Gasteiger partial charge is 0.508 e. The van der Waals surface area contributed by atoms with E-state index in [0.717, 1.165) is 24.5 Å². The Hall–Kier alpha value is -3.71. The van der Waals surface area contributed by atoms with Crippen LogP contribution in [0.5, 0.6) is 5.75 Å². The standard InChI is InChI=1S/C34H38O7/c1-18(35)25-24(37)16-33(6)17-32(5)15-22-20(10-7-19-8-12-21(13-9-19)31(2,3)4)11-14-23(36)26(22)28(38)27(32)30(40)34(33,41)29(25)39/h8-9,11-14,36,38-39,41H,7,10,15-17H2,1-6H3/t32-,33+,34+/m1/s1. The number of aliphatic hydroxyl groups is 3. The summed E-state index contributed by atoms with van der Waals surface area (Å²) < 4.78 is 0. The third-order valence-electron chi connectivity index (χ3n) is 9.51. The zero-order valence-corrected chi connectivity index (χ0v) is 24.5. The normalized spacial score (nSPS) is 27.9. The molecular weight excluding hydrogens is 520 g/mol. The van der Waals surface area contributed by atoms with Gasteiger partial charge in [-0.15, -0.1) is 0 Å². The molecule has 0 saturated heterocycles. The molecule has 0 radical (unpaired) electrons. The topological polar surface area (TPSA) is 132 Å². The van der Waals surface area contributed by atoms with Crippen molar-refractivity contribution in [3.8, 4) is 5.75 Å². The zero-order chi connectivity index (χ0) is 30.3. The number of carbonyl (C=O) groups excluding carboxylic acids is 3. The highest BCUT2D eigenvalue weighted by atomic mass is 16.3. The molecule has 0 aliphatic heterocycles. The Labute approximate surface area is 240 Å². The van der Waals surface area contributed by atoms with Gasteiger partial charge in [0, 0.05) is 22.8 Å². The molecule has 0 spiro atoms. The van der Waals surface area contributed by atoms with Crippen molar-refractivity contribution in [3.63, 3.8) is 0 Å². The lowest BCUT2D eigenvalue weighted by molar-refractivity contribution is -0.164. The minimum atomic E-state index is -2.56. The second-order valence-electron chi connectivity index (χ2n) is 13.7. The highest BCUT2D eigenvalue weighted by molar-refractivity contribution is 6.23. The van der Waals surface area contributed by atoms with Crippen LogP contribution in [-0.4, -0.2) is 43.4 Å². The quantitative estimate of drug-likeness (QED) is 0.370. The Morgan fingerprint density at radius 3 is 2.15 bits per heavy atom. The third-order valence-corrected chi connectivity index (χ3v) is 9.51. The number of hydrogen-bond acceptors (Lipinski definition) is 7. The maximum atomic E-state index is 14.1. The second kappa shape index (κ2) is 9.15.